The van der Waals surface area contributed by atoms with Gasteiger partial charge in [0.1, 0.15) is 0 Å². The summed E-state index contributed by atoms with van der Waals surface area (Å²) in [6.07, 6.45) is 6.97. The van der Waals surface area contributed by atoms with Crippen molar-refractivity contribution >= 4 is 17.5 Å². The number of piperidine rings is 1. The third-order valence-electron chi connectivity index (χ3n) is 5.10. The number of carbonyl (C=O) groups excluding carboxylic acids is 1. The van der Waals surface area contributed by atoms with Crippen molar-refractivity contribution in [1.82, 2.24) is 20.1 Å². The number of H-pyrrole nitrogens is 1. The number of benzene rings is 1. The van der Waals surface area contributed by atoms with Gasteiger partial charge in [0, 0.05) is 42.7 Å². The van der Waals surface area contributed by atoms with Crippen LogP contribution < -0.4 is 0 Å². The summed E-state index contributed by atoms with van der Waals surface area (Å²) in [4.78, 5) is 18.8. The summed E-state index contributed by atoms with van der Waals surface area (Å²) in [7, 11) is 0. The SMILES string of the molecule is Cc1ccc(-c2cn[nH]c2C2CCCN(C(=O)c3cncc(Cl)c3)C2)cc1. The lowest BCUT2D eigenvalue weighted by molar-refractivity contribution is 0.0705. The number of nitrogens with one attached hydrogen (secondary N) is 1. The number of carbonyl (C=O) groups is 1. The summed E-state index contributed by atoms with van der Waals surface area (Å²) < 4.78 is 0. The molecule has 1 N–H and O–H groups in total. The molecule has 0 spiro atoms. The highest BCUT2D eigenvalue weighted by atomic mass is 35.5. The molecule has 27 heavy (non-hydrogen) atoms. The molecule has 1 amide bonds. The Kier molecular flexibility index (Phi) is 4.94. The maximum atomic E-state index is 12.9. The average Bonchev–Trinajstić information content (AvgIpc) is 3.18. The molecule has 3 heterocycles. The van der Waals surface area contributed by atoms with Gasteiger partial charge in [-0.1, -0.05) is 41.4 Å². The van der Waals surface area contributed by atoms with Crippen molar-refractivity contribution < 1.29 is 4.79 Å². The highest BCUT2D eigenvalue weighted by molar-refractivity contribution is 6.30. The van der Waals surface area contributed by atoms with E-state index in [1.807, 2.05) is 11.1 Å². The minimum atomic E-state index is -0.0221. The minimum Gasteiger partial charge on any atom is -0.338 e. The van der Waals surface area contributed by atoms with Gasteiger partial charge in [0.15, 0.2) is 0 Å². The first kappa shape index (κ1) is 17.7. The van der Waals surface area contributed by atoms with Gasteiger partial charge in [-0.2, -0.15) is 5.10 Å². The summed E-state index contributed by atoms with van der Waals surface area (Å²) in [6, 6.07) is 10.1. The number of aromatic amines is 1. The predicted molar refractivity (Wildman–Crippen MR) is 106 cm³/mol. The molecule has 0 radical (unpaired) electrons. The maximum Gasteiger partial charge on any atom is 0.255 e. The second-order valence-electron chi connectivity index (χ2n) is 7.05. The molecule has 6 heteroatoms. The van der Waals surface area contributed by atoms with E-state index in [9.17, 15) is 4.79 Å². The van der Waals surface area contributed by atoms with Gasteiger partial charge in [-0.15, -0.1) is 0 Å². The standard InChI is InChI=1S/C21H21ClN4O/c1-14-4-6-15(7-5-14)19-12-24-25-20(19)16-3-2-8-26(13-16)21(27)17-9-18(22)11-23-10-17/h4-7,9-12,16H,2-3,8,13H2,1H3,(H,24,25). The van der Waals surface area contributed by atoms with Crippen molar-refractivity contribution in [3.05, 3.63) is 70.8 Å². The van der Waals surface area contributed by atoms with E-state index in [1.165, 1.54) is 11.8 Å². The zero-order chi connectivity index (χ0) is 18.8. The van der Waals surface area contributed by atoms with Gasteiger partial charge >= 0.3 is 0 Å². The Balaban J connectivity index is 1.56. The first-order chi connectivity index (χ1) is 13.1. The van der Waals surface area contributed by atoms with Gasteiger partial charge < -0.3 is 4.90 Å². The lowest BCUT2D eigenvalue weighted by Crippen LogP contribution is -2.39. The maximum absolute atomic E-state index is 12.9. The monoisotopic (exact) mass is 380 g/mol. The Bertz CT molecular complexity index is 951. The molecule has 0 aliphatic carbocycles. The van der Waals surface area contributed by atoms with Crippen LogP contribution in [0.5, 0.6) is 0 Å². The molecule has 1 fully saturated rings. The zero-order valence-electron chi connectivity index (χ0n) is 15.2. The largest absolute Gasteiger partial charge is 0.338 e. The number of hydrogen-bond donors (Lipinski definition) is 1. The molecular weight excluding hydrogens is 360 g/mol. The summed E-state index contributed by atoms with van der Waals surface area (Å²) in [5.41, 5.74) is 5.12. The van der Waals surface area contributed by atoms with Gasteiger partial charge in [0.2, 0.25) is 0 Å². The van der Waals surface area contributed by atoms with Gasteiger partial charge in [-0.05, 0) is 31.4 Å². The molecule has 0 bridgehead atoms. The highest BCUT2D eigenvalue weighted by Crippen LogP contribution is 2.33. The van der Waals surface area contributed by atoms with Crippen LogP contribution in [-0.2, 0) is 0 Å². The van der Waals surface area contributed by atoms with Gasteiger partial charge in [0.05, 0.1) is 16.8 Å². The normalized spacial score (nSPS) is 17.1. The van der Waals surface area contributed by atoms with E-state index < -0.39 is 0 Å². The molecule has 1 aliphatic heterocycles. The molecule has 5 nitrogen and oxygen atoms in total. The van der Waals surface area contributed by atoms with Crippen molar-refractivity contribution in [1.29, 1.82) is 0 Å². The van der Waals surface area contributed by atoms with Crippen LogP contribution in [0, 0.1) is 6.92 Å². The minimum absolute atomic E-state index is 0.0221. The molecule has 1 unspecified atom stereocenters. The average molecular weight is 381 g/mol. The van der Waals surface area contributed by atoms with Gasteiger partial charge in [-0.25, -0.2) is 0 Å². The Labute approximate surface area is 163 Å². The number of pyridine rings is 1. The fourth-order valence-corrected chi connectivity index (χ4v) is 3.85. The van der Waals surface area contributed by atoms with Crippen LogP contribution in [0.1, 0.15) is 40.4 Å². The third kappa shape index (κ3) is 3.74. The summed E-state index contributed by atoms with van der Waals surface area (Å²) >= 11 is 5.99. The Hall–Kier alpha value is -2.66. The number of aryl methyl sites for hydroxylation is 1. The van der Waals surface area contributed by atoms with Crippen molar-refractivity contribution in [2.75, 3.05) is 13.1 Å². The molecular formula is C21H21ClN4O. The van der Waals surface area contributed by atoms with E-state index in [1.54, 1.807) is 12.3 Å². The second kappa shape index (κ2) is 7.53. The lowest BCUT2D eigenvalue weighted by Gasteiger charge is -2.32. The number of likely N-dealkylation sites (tertiary alicyclic amines) is 1. The van der Waals surface area contributed by atoms with Crippen LogP contribution in [0.15, 0.2) is 48.9 Å². The van der Waals surface area contributed by atoms with Crippen molar-refractivity contribution in [2.24, 2.45) is 0 Å². The van der Waals surface area contributed by atoms with E-state index in [2.05, 4.69) is 46.4 Å². The topological polar surface area (TPSA) is 61.9 Å². The number of rotatable bonds is 3. The second-order valence-corrected chi connectivity index (χ2v) is 7.48. The van der Waals surface area contributed by atoms with Crippen molar-refractivity contribution in [3.63, 3.8) is 0 Å². The molecule has 1 aliphatic rings. The van der Waals surface area contributed by atoms with Crippen molar-refractivity contribution in [3.8, 4) is 11.1 Å². The van der Waals surface area contributed by atoms with E-state index in [0.717, 1.165) is 36.2 Å². The number of nitrogens with zero attached hydrogens (tertiary/aromatic N) is 3. The molecule has 1 saturated heterocycles. The van der Waals surface area contributed by atoms with Crippen LogP contribution >= 0.6 is 11.6 Å². The molecule has 138 valence electrons. The molecule has 4 rings (SSSR count). The lowest BCUT2D eigenvalue weighted by atomic mass is 9.90. The third-order valence-corrected chi connectivity index (χ3v) is 5.31. The Morgan fingerprint density at radius 2 is 2.04 bits per heavy atom. The summed E-state index contributed by atoms with van der Waals surface area (Å²) in [6.45, 7) is 3.48. The van der Waals surface area contributed by atoms with E-state index in [-0.39, 0.29) is 11.8 Å². The number of hydrogen-bond acceptors (Lipinski definition) is 3. The van der Waals surface area contributed by atoms with Crippen LogP contribution in [0.4, 0.5) is 0 Å². The Morgan fingerprint density at radius 3 is 2.81 bits per heavy atom. The fraction of sp³-hybridized carbons (Fsp3) is 0.286. The van der Waals surface area contributed by atoms with E-state index in [4.69, 9.17) is 11.6 Å². The zero-order valence-corrected chi connectivity index (χ0v) is 15.9. The van der Waals surface area contributed by atoms with E-state index in [0.29, 0.717) is 17.1 Å². The predicted octanol–water partition coefficient (Wildman–Crippen LogP) is 4.45. The quantitative estimate of drug-likeness (QED) is 0.730. The summed E-state index contributed by atoms with van der Waals surface area (Å²) in [5.74, 6) is 0.208. The first-order valence-corrected chi connectivity index (χ1v) is 9.50. The van der Waals surface area contributed by atoms with Gasteiger partial charge in [-0.3, -0.25) is 14.9 Å². The van der Waals surface area contributed by atoms with Crippen molar-refractivity contribution in [2.45, 2.75) is 25.7 Å². The van der Waals surface area contributed by atoms with Crippen LogP contribution in [0.25, 0.3) is 11.1 Å². The molecule has 1 atom stereocenters. The Morgan fingerprint density at radius 1 is 1.22 bits per heavy atom. The number of amides is 1. The van der Waals surface area contributed by atoms with Crippen LogP contribution in [-0.4, -0.2) is 39.1 Å². The fourth-order valence-electron chi connectivity index (χ4n) is 3.68. The molecule has 1 aromatic carbocycles. The van der Waals surface area contributed by atoms with Gasteiger partial charge in [0.25, 0.3) is 5.91 Å². The molecule has 2 aromatic heterocycles. The van der Waals surface area contributed by atoms with E-state index >= 15 is 0 Å². The smallest absolute Gasteiger partial charge is 0.255 e. The number of aromatic nitrogens is 3. The molecule has 3 aromatic rings. The summed E-state index contributed by atoms with van der Waals surface area (Å²) in [5, 5.41) is 7.93. The first-order valence-electron chi connectivity index (χ1n) is 9.12. The molecule has 0 saturated carbocycles. The van der Waals surface area contributed by atoms with Crippen LogP contribution in [0.2, 0.25) is 5.02 Å². The van der Waals surface area contributed by atoms with Crippen LogP contribution in [0.3, 0.4) is 0 Å². The number of halogens is 1. The highest BCUT2D eigenvalue weighted by Gasteiger charge is 2.28.